The zero-order valence-electron chi connectivity index (χ0n) is 21.3. The van der Waals surface area contributed by atoms with E-state index in [0.29, 0.717) is 17.4 Å². The summed E-state index contributed by atoms with van der Waals surface area (Å²) >= 11 is 0. The first-order chi connectivity index (χ1) is 17.6. The molecule has 3 aliphatic carbocycles. The van der Waals surface area contributed by atoms with Gasteiger partial charge < -0.3 is 4.74 Å². The van der Waals surface area contributed by atoms with Gasteiger partial charge in [-0.2, -0.15) is 0 Å². The Labute approximate surface area is 214 Å². The van der Waals surface area contributed by atoms with Crippen molar-refractivity contribution in [3.05, 3.63) is 81.4 Å². The molecule has 0 amide bonds. The largest absolute Gasteiger partial charge is 0.465 e. The van der Waals surface area contributed by atoms with E-state index in [-0.39, 0.29) is 12.6 Å². The van der Waals surface area contributed by atoms with E-state index in [1.54, 1.807) is 5.57 Å². The van der Waals surface area contributed by atoms with Gasteiger partial charge in [0.05, 0.1) is 19.3 Å². The first-order valence-corrected chi connectivity index (χ1v) is 13.6. The number of carbonyl (C=O) groups is 1. The van der Waals surface area contributed by atoms with E-state index in [9.17, 15) is 9.18 Å². The van der Waals surface area contributed by atoms with E-state index in [2.05, 4.69) is 47.4 Å². The Kier molecular flexibility index (Phi) is 6.33. The lowest BCUT2D eigenvalue weighted by Crippen LogP contribution is -2.40. The Morgan fingerprint density at radius 1 is 1.11 bits per heavy atom. The van der Waals surface area contributed by atoms with Gasteiger partial charge in [0.1, 0.15) is 0 Å². The number of rotatable bonds is 7. The van der Waals surface area contributed by atoms with Gasteiger partial charge in [0.25, 0.3) is 0 Å². The molecule has 1 saturated heterocycles. The van der Waals surface area contributed by atoms with Gasteiger partial charge in [-0.1, -0.05) is 48.4 Å². The van der Waals surface area contributed by atoms with Crippen molar-refractivity contribution in [1.29, 1.82) is 0 Å². The molecule has 1 aliphatic heterocycles. The molecule has 1 atom stereocenters. The number of nitrogens with zero attached hydrogens (tertiary/aromatic N) is 1. The second-order valence-corrected chi connectivity index (χ2v) is 11.3. The maximum Gasteiger partial charge on any atom is 0.337 e. The molecule has 4 aliphatic rings. The number of hydrogen-bond donors (Lipinski definition) is 0. The number of halogens is 1. The first-order valence-electron chi connectivity index (χ1n) is 13.6. The van der Waals surface area contributed by atoms with E-state index in [1.165, 1.54) is 66.2 Å². The van der Waals surface area contributed by atoms with Crippen LogP contribution in [0, 0.1) is 11.3 Å². The minimum atomic E-state index is -0.264. The van der Waals surface area contributed by atoms with Crippen molar-refractivity contribution in [3.8, 4) is 0 Å². The summed E-state index contributed by atoms with van der Waals surface area (Å²) in [4.78, 5) is 14.5. The van der Waals surface area contributed by atoms with Crippen LogP contribution in [0.4, 0.5) is 4.39 Å². The molecule has 0 N–H and O–H groups in total. The molecule has 36 heavy (non-hydrogen) atoms. The predicted molar refractivity (Wildman–Crippen MR) is 143 cm³/mol. The van der Waals surface area contributed by atoms with E-state index >= 15 is 0 Å². The van der Waals surface area contributed by atoms with Crippen LogP contribution >= 0.6 is 0 Å². The summed E-state index contributed by atoms with van der Waals surface area (Å²) in [5, 5.41) is 0. The average molecular weight is 486 g/mol. The molecule has 188 valence electrons. The summed E-state index contributed by atoms with van der Waals surface area (Å²) in [5.41, 5.74) is 10.8. The first kappa shape index (κ1) is 23.7. The van der Waals surface area contributed by atoms with Gasteiger partial charge in [-0.25, -0.2) is 4.79 Å². The maximum absolute atomic E-state index is 12.4. The molecule has 0 radical (unpaired) electrons. The number of aryl methyl sites for hydroxylation is 1. The fourth-order valence-corrected chi connectivity index (χ4v) is 6.81. The molecular formula is C32H36FNO2. The minimum absolute atomic E-state index is 0.232. The van der Waals surface area contributed by atoms with Crippen LogP contribution in [-0.2, 0) is 11.2 Å². The third-order valence-electron chi connectivity index (χ3n) is 9.00. The molecular weight excluding hydrogens is 449 g/mol. The molecule has 2 aromatic carbocycles. The second kappa shape index (κ2) is 9.63. The molecule has 4 heteroatoms. The van der Waals surface area contributed by atoms with Crippen LogP contribution in [0.1, 0.15) is 77.6 Å². The molecule has 3 fully saturated rings. The quantitative estimate of drug-likeness (QED) is 0.401. The molecule has 1 unspecified atom stereocenters. The van der Waals surface area contributed by atoms with Crippen LogP contribution in [0.15, 0.2) is 53.6 Å². The number of esters is 1. The molecule has 0 bridgehead atoms. The Morgan fingerprint density at radius 2 is 1.92 bits per heavy atom. The van der Waals surface area contributed by atoms with Crippen LogP contribution in [-0.4, -0.2) is 44.3 Å². The van der Waals surface area contributed by atoms with Crippen LogP contribution in [0.25, 0.3) is 11.6 Å². The summed E-state index contributed by atoms with van der Waals surface area (Å²) in [6.45, 7) is 2.53. The van der Waals surface area contributed by atoms with Crippen molar-refractivity contribution < 1.29 is 13.9 Å². The van der Waals surface area contributed by atoms with Crippen molar-refractivity contribution in [2.75, 3.05) is 33.4 Å². The highest BCUT2D eigenvalue weighted by Gasteiger charge is 2.59. The summed E-state index contributed by atoms with van der Waals surface area (Å²) in [6, 6.07) is 15.2. The summed E-state index contributed by atoms with van der Waals surface area (Å²) in [5.74, 6) is 0.458. The van der Waals surface area contributed by atoms with Gasteiger partial charge in [-0.05, 0) is 102 Å². The number of likely N-dealkylation sites (tertiary alicyclic amines) is 1. The van der Waals surface area contributed by atoms with Crippen molar-refractivity contribution in [2.45, 2.75) is 51.4 Å². The number of allylic oxidation sites excluding steroid dienone is 1. The predicted octanol–water partition coefficient (Wildman–Crippen LogP) is 6.86. The third kappa shape index (κ3) is 4.34. The van der Waals surface area contributed by atoms with Gasteiger partial charge in [0, 0.05) is 19.6 Å². The highest BCUT2D eigenvalue weighted by molar-refractivity contribution is 5.92. The maximum atomic E-state index is 12.4. The van der Waals surface area contributed by atoms with Crippen molar-refractivity contribution in [3.63, 3.8) is 0 Å². The number of alkyl halides is 1. The lowest BCUT2D eigenvalue weighted by atomic mass is 9.76. The molecule has 0 aromatic heterocycles. The lowest BCUT2D eigenvalue weighted by Gasteiger charge is -2.33. The normalized spacial score (nSPS) is 22.4. The van der Waals surface area contributed by atoms with Gasteiger partial charge in [0.15, 0.2) is 0 Å². The van der Waals surface area contributed by atoms with Crippen molar-refractivity contribution >= 4 is 17.6 Å². The van der Waals surface area contributed by atoms with Crippen LogP contribution in [0.2, 0.25) is 0 Å². The summed E-state index contributed by atoms with van der Waals surface area (Å²) < 4.78 is 17.4. The SMILES string of the molecule is COC(=O)c1ccc2c(c1)CCCC(C1CC13CCC3)=C2c1ccc(C=C2CN(CCCF)C2)cc1. The zero-order chi connectivity index (χ0) is 24.7. The van der Waals surface area contributed by atoms with E-state index in [0.717, 1.165) is 44.8 Å². The zero-order valence-corrected chi connectivity index (χ0v) is 21.3. The molecule has 6 rings (SSSR count). The topological polar surface area (TPSA) is 29.5 Å². The Balaban J connectivity index is 1.32. The highest BCUT2D eigenvalue weighted by Crippen LogP contribution is 2.69. The fraction of sp³-hybridized carbons (Fsp3) is 0.469. The summed E-state index contributed by atoms with van der Waals surface area (Å²) in [6.07, 6.45) is 11.7. The third-order valence-corrected chi connectivity index (χ3v) is 9.00. The van der Waals surface area contributed by atoms with Crippen molar-refractivity contribution in [1.82, 2.24) is 4.90 Å². The Bertz CT molecular complexity index is 1210. The molecule has 2 aromatic rings. The molecule has 1 heterocycles. The highest BCUT2D eigenvalue weighted by atomic mass is 19.1. The van der Waals surface area contributed by atoms with Crippen molar-refractivity contribution in [2.24, 2.45) is 11.3 Å². The number of benzene rings is 2. The molecule has 3 nitrogen and oxygen atoms in total. The Hall–Kier alpha value is -2.72. The van der Waals surface area contributed by atoms with Gasteiger partial charge in [-0.15, -0.1) is 0 Å². The minimum Gasteiger partial charge on any atom is -0.465 e. The van der Waals surface area contributed by atoms with E-state index in [4.69, 9.17) is 4.74 Å². The number of hydrogen-bond acceptors (Lipinski definition) is 3. The average Bonchev–Trinajstić information content (AvgIpc) is 3.64. The van der Waals surface area contributed by atoms with E-state index in [1.807, 2.05) is 6.07 Å². The van der Waals surface area contributed by atoms with Crippen LogP contribution in [0.3, 0.4) is 0 Å². The Morgan fingerprint density at radius 3 is 2.58 bits per heavy atom. The summed E-state index contributed by atoms with van der Waals surface area (Å²) in [7, 11) is 1.45. The number of carbonyl (C=O) groups excluding carboxylic acids is 1. The van der Waals surface area contributed by atoms with Crippen LogP contribution in [0.5, 0.6) is 0 Å². The fourth-order valence-electron chi connectivity index (χ4n) is 6.81. The number of ether oxygens (including phenoxy) is 1. The molecule has 2 saturated carbocycles. The van der Waals surface area contributed by atoms with Gasteiger partial charge >= 0.3 is 5.97 Å². The van der Waals surface area contributed by atoms with E-state index < -0.39 is 0 Å². The second-order valence-electron chi connectivity index (χ2n) is 11.3. The monoisotopic (exact) mass is 485 g/mol. The lowest BCUT2D eigenvalue weighted by molar-refractivity contribution is 0.0600. The smallest absolute Gasteiger partial charge is 0.337 e. The van der Waals surface area contributed by atoms with Gasteiger partial charge in [0.2, 0.25) is 0 Å². The standard InChI is InChI=1S/C32H36FNO2/c1-36-31(35)26-11-12-27-25(18-26)5-2-6-28(29-19-32(29)13-3-14-32)30(27)24-9-7-22(8-10-24)17-23-20-34(21-23)16-4-15-33/h7-12,17-18,29H,2-6,13-16,19-21H2,1H3. The number of fused-ring (bicyclic) bond motifs is 1. The van der Waals surface area contributed by atoms with Gasteiger partial charge in [-0.3, -0.25) is 9.29 Å². The number of methoxy groups -OCH3 is 1. The molecule has 1 spiro atoms. The van der Waals surface area contributed by atoms with Crippen LogP contribution < -0.4 is 0 Å².